The minimum atomic E-state index is -0.486. The highest BCUT2D eigenvalue weighted by Gasteiger charge is 2.20. The summed E-state index contributed by atoms with van der Waals surface area (Å²) >= 11 is 0. The van der Waals surface area contributed by atoms with Gasteiger partial charge in [0.05, 0.1) is 17.1 Å². The fourth-order valence-corrected chi connectivity index (χ4v) is 1.20. The van der Waals surface area contributed by atoms with Crippen molar-refractivity contribution in [1.82, 2.24) is 9.88 Å². The maximum atomic E-state index is 10.7. The van der Waals surface area contributed by atoms with Gasteiger partial charge < -0.3 is 16.0 Å². The van der Waals surface area contributed by atoms with Crippen LogP contribution in [0.2, 0.25) is 0 Å². The van der Waals surface area contributed by atoms with Crippen molar-refractivity contribution in [3.05, 3.63) is 22.2 Å². The maximum Gasteiger partial charge on any atom is 0.276 e. The zero-order valence-electron chi connectivity index (χ0n) is 11.1. The van der Waals surface area contributed by atoms with Crippen molar-refractivity contribution in [3.63, 3.8) is 0 Å². The second-order valence-corrected chi connectivity index (χ2v) is 4.95. The molecule has 7 heteroatoms. The summed E-state index contributed by atoms with van der Waals surface area (Å²) in [4.78, 5) is 16.3. The Hall–Kier alpha value is -1.89. The third kappa shape index (κ3) is 3.56. The lowest BCUT2D eigenvalue weighted by atomic mass is 10.0. The molecule has 0 aliphatic heterocycles. The lowest BCUT2D eigenvalue weighted by Crippen LogP contribution is -2.44. The molecule has 1 rings (SSSR count). The number of hydrogen-bond acceptors (Lipinski definition) is 6. The van der Waals surface area contributed by atoms with E-state index in [1.54, 1.807) is 0 Å². The molecule has 1 aromatic heterocycles. The molecule has 0 saturated heterocycles. The number of nitrogen functional groups attached to an aromatic ring is 1. The molecule has 3 N–H and O–H groups in total. The normalized spacial score (nSPS) is 11.6. The van der Waals surface area contributed by atoms with Crippen LogP contribution >= 0.6 is 0 Å². The van der Waals surface area contributed by atoms with E-state index in [4.69, 9.17) is 5.73 Å². The van der Waals surface area contributed by atoms with Gasteiger partial charge in [0.15, 0.2) is 0 Å². The summed E-state index contributed by atoms with van der Waals surface area (Å²) in [5, 5.41) is 13.8. The van der Waals surface area contributed by atoms with Crippen LogP contribution in [0, 0.1) is 10.1 Å². The first-order valence-corrected chi connectivity index (χ1v) is 5.55. The summed E-state index contributed by atoms with van der Waals surface area (Å²) in [6, 6.07) is 2.62. The molecule has 0 fully saturated rings. The molecule has 18 heavy (non-hydrogen) atoms. The molecule has 0 aromatic carbocycles. The molecule has 7 nitrogen and oxygen atoms in total. The molecule has 0 saturated carbocycles. The molecule has 0 atom stereocenters. The predicted molar refractivity (Wildman–Crippen MR) is 71.6 cm³/mol. The van der Waals surface area contributed by atoms with Crippen LogP contribution < -0.4 is 11.1 Å². The fourth-order valence-electron chi connectivity index (χ4n) is 1.20. The van der Waals surface area contributed by atoms with Crippen LogP contribution in [0.3, 0.4) is 0 Å². The topological polar surface area (TPSA) is 97.3 Å². The van der Waals surface area contributed by atoms with Crippen molar-refractivity contribution in [2.75, 3.05) is 31.7 Å². The maximum absolute atomic E-state index is 10.7. The Morgan fingerprint density at radius 2 is 2.11 bits per heavy atom. The summed E-state index contributed by atoms with van der Waals surface area (Å²) in [5.74, 6) is 0.547. The molecular weight excluding hydrogens is 234 g/mol. The molecule has 0 aliphatic rings. The zero-order chi connectivity index (χ0) is 13.9. The van der Waals surface area contributed by atoms with Crippen LogP contribution in [0.4, 0.5) is 17.3 Å². The van der Waals surface area contributed by atoms with Gasteiger partial charge in [-0.1, -0.05) is 0 Å². The van der Waals surface area contributed by atoms with E-state index in [1.165, 1.54) is 12.1 Å². The van der Waals surface area contributed by atoms with Crippen LogP contribution in [0.1, 0.15) is 13.8 Å². The third-order valence-corrected chi connectivity index (χ3v) is 2.95. The van der Waals surface area contributed by atoms with Gasteiger partial charge in [0.2, 0.25) is 0 Å². The van der Waals surface area contributed by atoms with Crippen molar-refractivity contribution in [3.8, 4) is 0 Å². The molecule has 0 bridgehead atoms. The standard InChI is InChI=1S/C11H19N5O2/c1-11(2,15(3)4)7-13-10-6-8(16(17)18)5-9(12)14-10/h5-6H,7H2,1-4H3,(H3,12,13,14). The van der Waals surface area contributed by atoms with Crippen LogP contribution in [-0.4, -0.2) is 41.0 Å². The predicted octanol–water partition coefficient (Wildman–Crippen LogP) is 1.32. The fraction of sp³-hybridized carbons (Fsp3) is 0.545. The second-order valence-electron chi connectivity index (χ2n) is 4.95. The minimum absolute atomic E-state index is 0.0624. The van der Waals surface area contributed by atoms with E-state index in [0.29, 0.717) is 12.4 Å². The van der Waals surface area contributed by atoms with Crippen molar-refractivity contribution in [1.29, 1.82) is 0 Å². The van der Waals surface area contributed by atoms with E-state index in [0.717, 1.165) is 0 Å². The van der Waals surface area contributed by atoms with Crippen LogP contribution in [0.5, 0.6) is 0 Å². The van der Waals surface area contributed by atoms with E-state index >= 15 is 0 Å². The Morgan fingerprint density at radius 3 is 2.61 bits per heavy atom. The molecule has 0 amide bonds. The number of nitrogens with zero attached hydrogens (tertiary/aromatic N) is 3. The van der Waals surface area contributed by atoms with Gasteiger partial charge in [-0.05, 0) is 27.9 Å². The van der Waals surface area contributed by atoms with Crippen molar-refractivity contribution in [2.24, 2.45) is 0 Å². The number of nitro groups is 1. The van der Waals surface area contributed by atoms with E-state index in [2.05, 4.69) is 29.0 Å². The Labute approximate surface area is 106 Å². The highest BCUT2D eigenvalue weighted by Crippen LogP contribution is 2.19. The number of likely N-dealkylation sites (N-methyl/N-ethyl adjacent to an activating group) is 1. The lowest BCUT2D eigenvalue weighted by Gasteiger charge is -2.32. The molecule has 100 valence electrons. The highest BCUT2D eigenvalue weighted by molar-refractivity contribution is 5.52. The number of nitrogens with two attached hydrogens (primary N) is 1. The number of nitrogens with one attached hydrogen (secondary N) is 1. The van der Waals surface area contributed by atoms with Gasteiger partial charge in [0, 0.05) is 12.1 Å². The van der Waals surface area contributed by atoms with Gasteiger partial charge in [0.25, 0.3) is 5.69 Å². The quantitative estimate of drug-likeness (QED) is 0.606. The van der Waals surface area contributed by atoms with E-state index < -0.39 is 4.92 Å². The van der Waals surface area contributed by atoms with Gasteiger partial charge in [-0.25, -0.2) is 4.98 Å². The largest absolute Gasteiger partial charge is 0.383 e. The number of anilines is 2. The highest BCUT2D eigenvalue weighted by atomic mass is 16.6. The van der Waals surface area contributed by atoms with Crippen LogP contribution in [0.15, 0.2) is 12.1 Å². The summed E-state index contributed by atoms with van der Waals surface area (Å²) in [5.41, 5.74) is 5.37. The van der Waals surface area contributed by atoms with Crippen LogP contribution in [-0.2, 0) is 0 Å². The van der Waals surface area contributed by atoms with Gasteiger partial charge in [-0.15, -0.1) is 0 Å². The first-order chi connectivity index (χ1) is 8.22. The third-order valence-electron chi connectivity index (χ3n) is 2.95. The average molecular weight is 253 g/mol. The monoisotopic (exact) mass is 253 g/mol. The van der Waals surface area contributed by atoms with Crippen LogP contribution in [0.25, 0.3) is 0 Å². The Bertz CT molecular complexity index is 445. The number of hydrogen-bond donors (Lipinski definition) is 2. The first-order valence-electron chi connectivity index (χ1n) is 5.55. The summed E-state index contributed by atoms with van der Waals surface area (Å²) in [6.07, 6.45) is 0. The molecular formula is C11H19N5O2. The number of pyridine rings is 1. The molecule has 0 unspecified atom stereocenters. The number of aromatic nitrogens is 1. The zero-order valence-corrected chi connectivity index (χ0v) is 11.1. The Balaban J connectivity index is 2.83. The lowest BCUT2D eigenvalue weighted by molar-refractivity contribution is -0.384. The van der Waals surface area contributed by atoms with E-state index in [9.17, 15) is 10.1 Å². The van der Waals surface area contributed by atoms with Crippen molar-refractivity contribution < 1.29 is 4.92 Å². The second kappa shape index (κ2) is 5.18. The summed E-state index contributed by atoms with van der Waals surface area (Å²) < 4.78 is 0. The van der Waals surface area contributed by atoms with Gasteiger partial charge >= 0.3 is 0 Å². The van der Waals surface area contributed by atoms with E-state index in [1.807, 2.05) is 14.1 Å². The van der Waals surface area contributed by atoms with Gasteiger partial charge in [-0.2, -0.15) is 0 Å². The van der Waals surface area contributed by atoms with Crippen molar-refractivity contribution in [2.45, 2.75) is 19.4 Å². The van der Waals surface area contributed by atoms with Gasteiger partial charge in [-0.3, -0.25) is 10.1 Å². The molecule has 0 spiro atoms. The van der Waals surface area contributed by atoms with Gasteiger partial charge in [0.1, 0.15) is 11.6 Å². The first kappa shape index (κ1) is 14.2. The molecule has 1 heterocycles. The van der Waals surface area contributed by atoms with Crippen molar-refractivity contribution >= 4 is 17.3 Å². The Kier molecular flexibility index (Phi) is 4.07. The minimum Gasteiger partial charge on any atom is -0.383 e. The summed E-state index contributed by atoms with van der Waals surface area (Å²) in [7, 11) is 3.94. The smallest absolute Gasteiger partial charge is 0.276 e. The Morgan fingerprint density at radius 1 is 1.50 bits per heavy atom. The molecule has 0 aliphatic carbocycles. The summed E-state index contributed by atoms with van der Waals surface area (Å²) in [6.45, 7) is 4.72. The molecule has 0 radical (unpaired) electrons. The van der Waals surface area contributed by atoms with E-state index in [-0.39, 0.29) is 17.0 Å². The molecule has 1 aromatic rings. The average Bonchev–Trinajstić information content (AvgIpc) is 2.25. The number of rotatable bonds is 5. The SMILES string of the molecule is CN(C)C(C)(C)CNc1cc([N+](=O)[O-])cc(N)n1.